The predicted octanol–water partition coefficient (Wildman–Crippen LogP) is 2.67. The first-order valence-electron chi connectivity index (χ1n) is 7.29. The fourth-order valence-electron chi connectivity index (χ4n) is 2.10. The van der Waals surface area contributed by atoms with E-state index in [2.05, 4.69) is 10.3 Å². The fourth-order valence-corrected chi connectivity index (χ4v) is 2.87. The molecular weight excluding hydrogens is 298 g/mol. The molecule has 2 rings (SSSR count). The summed E-state index contributed by atoms with van der Waals surface area (Å²) in [4.78, 5) is 16.9. The molecule has 3 N–H and O–H groups in total. The van der Waals surface area contributed by atoms with E-state index < -0.39 is 0 Å². The minimum atomic E-state index is -0.155. The summed E-state index contributed by atoms with van der Waals surface area (Å²) in [5.41, 5.74) is 7.00. The van der Waals surface area contributed by atoms with Crippen molar-refractivity contribution in [1.82, 2.24) is 10.3 Å². The Labute approximate surface area is 134 Å². The van der Waals surface area contributed by atoms with Crippen LogP contribution in [0.15, 0.2) is 29.8 Å². The molecule has 0 aliphatic heterocycles. The number of benzene rings is 1. The lowest BCUT2D eigenvalue weighted by Crippen LogP contribution is -2.28. The van der Waals surface area contributed by atoms with Crippen molar-refractivity contribution in [2.45, 2.75) is 26.3 Å². The zero-order valence-electron chi connectivity index (χ0n) is 12.8. The number of carbonyl (C=O) groups is 1. The summed E-state index contributed by atoms with van der Waals surface area (Å²) in [6.45, 7) is 4.76. The number of ether oxygens (including phenoxy) is 1. The van der Waals surface area contributed by atoms with Crippen molar-refractivity contribution in [3.63, 3.8) is 0 Å². The van der Waals surface area contributed by atoms with E-state index in [1.807, 2.05) is 37.4 Å². The molecule has 0 fully saturated rings. The number of rotatable bonds is 7. The maximum Gasteiger partial charge on any atom is 0.255 e. The standard InChI is InChI=1S/C16H21N3O2S/c1-3-13(16-18-7-9-22-16)19-15(20)12-10-11(2)4-5-14(12)21-8-6-17/h4-5,7,9-10,13H,3,6,8,17H2,1-2H3,(H,19,20)/t13-/m1/s1. The van der Waals surface area contributed by atoms with Crippen LogP contribution in [0.4, 0.5) is 0 Å². The fraction of sp³-hybridized carbons (Fsp3) is 0.375. The molecular formula is C16H21N3O2S. The lowest BCUT2D eigenvalue weighted by Gasteiger charge is -2.17. The van der Waals surface area contributed by atoms with Crippen molar-refractivity contribution in [2.24, 2.45) is 5.73 Å². The lowest BCUT2D eigenvalue weighted by atomic mass is 10.1. The van der Waals surface area contributed by atoms with E-state index in [1.54, 1.807) is 17.5 Å². The highest BCUT2D eigenvalue weighted by molar-refractivity contribution is 7.09. The van der Waals surface area contributed by atoms with Gasteiger partial charge in [-0.2, -0.15) is 0 Å². The number of aromatic nitrogens is 1. The average Bonchev–Trinajstić information content (AvgIpc) is 3.05. The Morgan fingerprint density at radius 2 is 2.32 bits per heavy atom. The summed E-state index contributed by atoms with van der Waals surface area (Å²) < 4.78 is 5.57. The van der Waals surface area contributed by atoms with Crippen LogP contribution in [0.3, 0.4) is 0 Å². The minimum absolute atomic E-state index is 0.0876. The van der Waals surface area contributed by atoms with E-state index in [9.17, 15) is 4.79 Å². The molecule has 1 aromatic carbocycles. The minimum Gasteiger partial charge on any atom is -0.491 e. The molecule has 0 saturated heterocycles. The van der Waals surface area contributed by atoms with Gasteiger partial charge in [0.25, 0.3) is 5.91 Å². The molecule has 118 valence electrons. The van der Waals surface area contributed by atoms with Crippen LogP contribution in [0.5, 0.6) is 5.75 Å². The number of nitrogens with one attached hydrogen (secondary N) is 1. The van der Waals surface area contributed by atoms with Gasteiger partial charge in [-0.3, -0.25) is 4.79 Å². The molecule has 0 radical (unpaired) electrons. The van der Waals surface area contributed by atoms with E-state index in [1.165, 1.54) is 0 Å². The van der Waals surface area contributed by atoms with Crippen molar-refractivity contribution < 1.29 is 9.53 Å². The van der Waals surface area contributed by atoms with E-state index in [-0.39, 0.29) is 11.9 Å². The molecule has 5 nitrogen and oxygen atoms in total. The second-order valence-electron chi connectivity index (χ2n) is 4.94. The van der Waals surface area contributed by atoms with Gasteiger partial charge in [0.2, 0.25) is 0 Å². The van der Waals surface area contributed by atoms with Gasteiger partial charge in [-0.15, -0.1) is 11.3 Å². The molecule has 1 heterocycles. The molecule has 1 amide bonds. The maximum atomic E-state index is 12.6. The predicted molar refractivity (Wildman–Crippen MR) is 88.3 cm³/mol. The highest BCUT2D eigenvalue weighted by atomic mass is 32.1. The first kappa shape index (κ1) is 16.5. The van der Waals surface area contributed by atoms with E-state index in [0.717, 1.165) is 17.0 Å². The van der Waals surface area contributed by atoms with E-state index in [4.69, 9.17) is 10.5 Å². The summed E-state index contributed by atoms with van der Waals surface area (Å²) in [5, 5.41) is 5.85. The Balaban J connectivity index is 2.19. The number of hydrogen-bond donors (Lipinski definition) is 2. The molecule has 2 aromatic rings. The SMILES string of the molecule is CC[C@@H](NC(=O)c1cc(C)ccc1OCCN)c1nccs1. The molecule has 1 aromatic heterocycles. The quantitative estimate of drug-likeness (QED) is 0.822. The van der Waals surface area contributed by atoms with Crippen LogP contribution in [-0.2, 0) is 0 Å². The van der Waals surface area contributed by atoms with Crippen LogP contribution in [0.1, 0.15) is 40.3 Å². The molecule has 0 unspecified atom stereocenters. The summed E-state index contributed by atoms with van der Waals surface area (Å²) in [6, 6.07) is 5.47. The van der Waals surface area contributed by atoms with Crippen molar-refractivity contribution in [3.8, 4) is 5.75 Å². The van der Waals surface area contributed by atoms with Gasteiger partial charge in [-0.25, -0.2) is 4.98 Å². The Bertz CT molecular complexity index is 614. The molecule has 0 aliphatic rings. The lowest BCUT2D eigenvalue weighted by molar-refractivity contribution is 0.0931. The molecule has 0 aliphatic carbocycles. The second-order valence-corrected chi connectivity index (χ2v) is 5.87. The van der Waals surface area contributed by atoms with Gasteiger partial charge in [-0.1, -0.05) is 18.6 Å². The highest BCUT2D eigenvalue weighted by Gasteiger charge is 2.19. The topological polar surface area (TPSA) is 77.2 Å². The average molecular weight is 319 g/mol. The zero-order chi connectivity index (χ0) is 15.9. The summed E-state index contributed by atoms with van der Waals surface area (Å²) in [5.74, 6) is 0.403. The van der Waals surface area contributed by atoms with Gasteiger partial charge in [0.1, 0.15) is 17.4 Å². The Morgan fingerprint density at radius 3 is 2.95 bits per heavy atom. The summed E-state index contributed by atoms with van der Waals surface area (Å²) >= 11 is 1.54. The van der Waals surface area contributed by atoms with E-state index >= 15 is 0 Å². The van der Waals surface area contributed by atoms with Gasteiger partial charge in [0.15, 0.2) is 0 Å². The number of thiazole rings is 1. The molecule has 0 bridgehead atoms. The normalized spacial score (nSPS) is 12.0. The summed E-state index contributed by atoms with van der Waals surface area (Å²) in [7, 11) is 0. The first-order valence-corrected chi connectivity index (χ1v) is 8.17. The van der Waals surface area contributed by atoms with Crippen LogP contribution in [-0.4, -0.2) is 24.0 Å². The number of aryl methyl sites for hydroxylation is 1. The van der Waals surface area contributed by atoms with Gasteiger partial charge in [0.05, 0.1) is 11.6 Å². The van der Waals surface area contributed by atoms with Crippen molar-refractivity contribution in [2.75, 3.05) is 13.2 Å². The highest BCUT2D eigenvalue weighted by Crippen LogP contribution is 2.23. The van der Waals surface area contributed by atoms with Crippen molar-refractivity contribution in [1.29, 1.82) is 0 Å². The van der Waals surface area contributed by atoms with Crippen molar-refractivity contribution >= 4 is 17.2 Å². The Morgan fingerprint density at radius 1 is 1.50 bits per heavy atom. The Kier molecular flexibility index (Phi) is 5.91. The van der Waals surface area contributed by atoms with Crippen LogP contribution < -0.4 is 15.8 Å². The van der Waals surface area contributed by atoms with Gasteiger partial charge in [0, 0.05) is 18.1 Å². The number of amides is 1. The monoisotopic (exact) mass is 319 g/mol. The molecule has 0 saturated carbocycles. The molecule has 1 atom stereocenters. The third-order valence-corrected chi connectivity index (χ3v) is 4.11. The third kappa shape index (κ3) is 4.05. The largest absolute Gasteiger partial charge is 0.491 e. The zero-order valence-corrected chi connectivity index (χ0v) is 13.7. The number of hydrogen-bond acceptors (Lipinski definition) is 5. The summed E-state index contributed by atoms with van der Waals surface area (Å²) in [6.07, 6.45) is 2.53. The second kappa shape index (κ2) is 7.91. The van der Waals surface area contributed by atoms with Crippen LogP contribution in [0.25, 0.3) is 0 Å². The smallest absolute Gasteiger partial charge is 0.255 e. The van der Waals surface area contributed by atoms with Gasteiger partial charge < -0.3 is 15.8 Å². The molecule has 0 spiro atoms. The Hall–Kier alpha value is -1.92. The maximum absolute atomic E-state index is 12.6. The van der Waals surface area contributed by atoms with Crippen LogP contribution in [0, 0.1) is 6.92 Å². The molecule has 22 heavy (non-hydrogen) atoms. The van der Waals surface area contributed by atoms with Crippen LogP contribution >= 0.6 is 11.3 Å². The van der Waals surface area contributed by atoms with Crippen molar-refractivity contribution in [3.05, 3.63) is 45.9 Å². The number of carbonyl (C=O) groups excluding carboxylic acids is 1. The number of nitrogens with two attached hydrogens (primary N) is 1. The van der Waals surface area contributed by atoms with Crippen LogP contribution in [0.2, 0.25) is 0 Å². The van der Waals surface area contributed by atoms with Gasteiger partial charge >= 0.3 is 0 Å². The van der Waals surface area contributed by atoms with Gasteiger partial charge in [-0.05, 0) is 25.5 Å². The first-order chi connectivity index (χ1) is 10.7. The number of nitrogens with zero attached hydrogens (tertiary/aromatic N) is 1. The third-order valence-electron chi connectivity index (χ3n) is 3.22. The molecule has 6 heteroatoms. The van der Waals surface area contributed by atoms with E-state index in [0.29, 0.717) is 24.5 Å².